The van der Waals surface area contributed by atoms with Crippen LogP contribution < -0.4 is 0 Å². The Kier molecular flexibility index (Phi) is 6.65. The minimum Gasteiger partial charge on any atom is -0.465 e. The van der Waals surface area contributed by atoms with Gasteiger partial charge in [-0.2, -0.15) is 11.8 Å². The van der Waals surface area contributed by atoms with Crippen LogP contribution in [-0.4, -0.2) is 29.1 Å². The van der Waals surface area contributed by atoms with Gasteiger partial charge < -0.3 is 4.74 Å². The Bertz CT molecular complexity index is 303. The molecule has 0 fully saturated rings. The van der Waals surface area contributed by atoms with Crippen molar-refractivity contribution in [3.05, 3.63) is 30.1 Å². The Hall–Kier alpha value is -1.03. The lowest BCUT2D eigenvalue weighted by atomic mass is 10.2. The molecule has 0 radical (unpaired) electrons. The molecule has 0 saturated carbocycles. The van der Waals surface area contributed by atoms with E-state index in [4.69, 9.17) is 4.74 Å². The molecular formula is C12H17NO2S. The molecule has 0 saturated heterocycles. The second-order valence-electron chi connectivity index (χ2n) is 3.32. The fourth-order valence-electron chi connectivity index (χ4n) is 1.29. The second-order valence-corrected chi connectivity index (χ2v) is 4.42. The van der Waals surface area contributed by atoms with Gasteiger partial charge in [-0.3, -0.25) is 9.78 Å². The number of aromatic nitrogens is 1. The van der Waals surface area contributed by atoms with E-state index < -0.39 is 0 Å². The van der Waals surface area contributed by atoms with E-state index in [9.17, 15) is 4.79 Å². The molecule has 0 N–H and O–H groups in total. The van der Waals surface area contributed by atoms with Gasteiger partial charge in [0.2, 0.25) is 0 Å². The number of nitrogens with zero attached hydrogens (tertiary/aromatic N) is 1. The van der Waals surface area contributed by atoms with Crippen LogP contribution in [0.2, 0.25) is 0 Å². The molecule has 4 heteroatoms. The lowest BCUT2D eigenvalue weighted by molar-refractivity contribution is -0.139. The van der Waals surface area contributed by atoms with Crippen LogP contribution in [0.4, 0.5) is 0 Å². The van der Waals surface area contributed by atoms with Crippen LogP contribution in [0.15, 0.2) is 24.5 Å². The molecule has 3 nitrogen and oxygen atoms in total. The molecule has 0 atom stereocenters. The SMILES string of the molecule is CCOC(=O)CSCCCc1ccncc1. The third kappa shape index (κ3) is 5.75. The first kappa shape index (κ1) is 13.0. The second kappa shape index (κ2) is 8.16. The number of esters is 1. The van der Waals surface area contributed by atoms with Crippen molar-refractivity contribution in [2.75, 3.05) is 18.1 Å². The number of carbonyl (C=O) groups excluding carboxylic acids is 1. The number of thioether (sulfide) groups is 1. The van der Waals surface area contributed by atoms with Gasteiger partial charge in [-0.25, -0.2) is 0 Å². The zero-order valence-electron chi connectivity index (χ0n) is 9.52. The summed E-state index contributed by atoms with van der Waals surface area (Å²) in [7, 11) is 0. The van der Waals surface area contributed by atoms with E-state index in [1.165, 1.54) is 5.56 Å². The summed E-state index contributed by atoms with van der Waals surface area (Å²) < 4.78 is 4.84. The molecule has 88 valence electrons. The van der Waals surface area contributed by atoms with Crippen LogP contribution in [0.3, 0.4) is 0 Å². The Morgan fingerprint density at radius 1 is 1.44 bits per heavy atom. The molecule has 1 heterocycles. The predicted octanol–water partition coefficient (Wildman–Crippen LogP) is 2.31. The first-order valence-electron chi connectivity index (χ1n) is 5.45. The highest BCUT2D eigenvalue weighted by Crippen LogP contribution is 2.07. The molecule has 16 heavy (non-hydrogen) atoms. The number of carbonyl (C=O) groups is 1. The van der Waals surface area contributed by atoms with Crippen molar-refractivity contribution in [3.63, 3.8) is 0 Å². The number of hydrogen-bond donors (Lipinski definition) is 0. The third-order valence-electron chi connectivity index (χ3n) is 2.03. The van der Waals surface area contributed by atoms with Crippen molar-refractivity contribution in [1.82, 2.24) is 4.98 Å². The van der Waals surface area contributed by atoms with Crippen molar-refractivity contribution < 1.29 is 9.53 Å². The predicted molar refractivity (Wildman–Crippen MR) is 66.5 cm³/mol. The quantitative estimate of drug-likeness (QED) is 0.540. The van der Waals surface area contributed by atoms with Crippen LogP contribution >= 0.6 is 11.8 Å². The molecule has 0 unspecified atom stereocenters. The van der Waals surface area contributed by atoms with E-state index in [1.54, 1.807) is 24.2 Å². The average molecular weight is 239 g/mol. The summed E-state index contributed by atoms with van der Waals surface area (Å²) in [6, 6.07) is 4.05. The fraction of sp³-hybridized carbons (Fsp3) is 0.500. The van der Waals surface area contributed by atoms with Crippen LogP contribution in [0.1, 0.15) is 18.9 Å². The summed E-state index contributed by atoms with van der Waals surface area (Å²) in [6.07, 6.45) is 5.73. The summed E-state index contributed by atoms with van der Waals surface area (Å²) >= 11 is 1.63. The highest BCUT2D eigenvalue weighted by Gasteiger charge is 2.00. The average Bonchev–Trinajstić information content (AvgIpc) is 2.30. The minimum absolute atomic E-state index is 0.114. The monoisotopic (exact) mass is 239 g/mol. The maximum atomic E-state index is 11.0. The Morgan fingerprint density at radius 3 is 2.88 bits per heavy atom. The normalized spacial score (nSPS) is 10.1. The van der Waals surface area contributed by atoms with E-state index in [1.807, 2.05) is 19.1 Å². The van der Waals surface area contributed by atoms with Gasteiger partial charge in [-0.05, 0) is 43.2 Å². The highest BCUT2D eigenvalue weighted by molar-refractivity contribution is 7.99. The van der Waals surface area contributed by atoms with Gasteiger partial charge >= 0.3 is 5.97 Å². The van der Waals surface area contributed by atoms with Gasteiger partial charge in [0.05, 0.1) is 12.4 Å². The molecule has 0 amide bonds. The molecule has 1 aromatic rings. The van der Waals surface area contributed by atoms with Gasteiger partial charge in [-0.1, -0.05) is 0 Å². The summed E-state index contributed by atoms with van der Waals surface area (Å²) in [5.74, 6) is 1.34. The molecule has 0 aromatic carbocycles. The number of pyridine rings is 1. The molecule has 1 rings (SSSR count). The first-order valence-corrected chi connectivity index (χ1v) is 6.60. The number of hydrogen-bond acceptors (Lipinski definition) is 4. The molecule has 0 bridgehead atoms. The van der Waals surface area contributed by atoms with Crippen LogP contribution in [0.25, 0.3) is 0 Å². The van der Waals surface area contributed by atoms with Gasteiger partial charge in [0.25, 0.3) is 0 Å². The summed E-state index contributed by atoms with van der Waals surface area (Å²) in [6.45, 7) is 2.29. The maximum absolute atomic E-state index is 11.0. The van der Waals surface area contributed by atoms with Crippen molar-refractivity contribution >= 4 is 17.7 Å². The van der Waals surface area contributed by atoms with Crippen LogP contribution in [0.5, 0.6) is 0 Å². The van der Waals surface area contributed by atoms with E-state index >= 15 is 0 Å². The lowest BCUT2D eigenvalue weighted by Crippen LogP contribution is -2.07. The number of rotatable bonds is 7. The Balaban J connectivity index is 2.02. The van der Waals surface area contributed by atoms with E-state index in [-0.39, 0.29) is 5.97 Å². The molecule has 0 aliphatic carbocycles. The summed E-state index contributed by atoms with van der Waals surface area (Å²) in [4.78, 5) is 15.0. The molecule has 0 aliphatic heterocycles. The molecule has 0 aliphatic rings. The van der Waals surface area contributed by atoms with E-state index in [2.05, 4.69) is 4.98 Å². The van der Waals surface area contributed by atoms with Crippen molar-refractivity contribution in [1.29, 1.82) is 0 Å². The minimum atomic E-state index is -0.114. The zero-order chi connectivity index (χ0) is 11.6. The van der Waals surface area contributed by atoms with Crippen molar-refractivity contribution in [2.45, 2.75) is 19.8 Å². The highest BCUT2D eigenvalue weighted by atomic mass is 32.2. The van der Waals surface area contributed by atoms with Crippen molar-refractivity contribution in [3.8, 4) is 0 Å². The maximum Gasteiger partial charge on any atom is 0.315 e. The first-order chi connectivity index (χ1) is 7.83. The van der Waals surface area contributed by atoms with Crippen LogP contribution in [-0.2, 0) is 16.0 Å². The zero-order valence-corrected chi connectivity index (χ0v) is 10.3. The van der Waals surface area contributed by atoms with Gasteiger partial charge in [0, 0.05) is 12.4 Å². The van der Waals surface area contributed by atoms with E-state index in [0.717, 1.165) is 18.6 Å². The van der Waals surface area contributed by atoms with Crippen molar-refractivity contribution in [2.24, 2.45) is 0 Å². The number of ether oxygens (including phenoxy) is 1. The van der Waals surface area contributed by atoms with Gasteiger partial charge in [-0.15, -0.1) is 0 Å². The molecule has 1 aromatic heterocycles. The smallest absolute Gasteiger partial charge is 0.315 e. The topological polar surface area (TPSA) is 39.2 Å². The van der Waals surface area contributed by atoms with Crippen LogP contribution in [0, 0.1) is 0 Å². The van der Waals surface area contributed by atoms with E-state index in [0.29, 0.717) is 12.4 Å². The summed E-state index contributed by atoms with van der Waals surface area (Å²) in [5, 5.41) is 0. The Morgan fingerprint density at radius 2 is 2.19 bits per heavy atom. The third-order valence-corrected chi connectivity index (χ3v) is 3.05. The van der Waals surface area contributed by atoms with Gasteiger partial charge in [0.1, 0.15) is 0 Å². The Labute approximate surface area is 101 Å². The lowest BCUT2D eigenvalue weighted by Gasteiger charge is -2.02. The fourth-order valence-corrected chi connectivity index (χ4v) is 2.03. The van der Waals surface area contributed by atoms with Gasteiger partial charge in [0.15, 0.2) is 0 Å². The standard InChI is InChI=1S/C12H17NO2S/c1-2-15-12(14)10-16-9-3-4-11-5-7-13-8-6-11/h5-8H,2-4,9-10H2,1H3. The molecular weight excluding hydrogens is 222 g/mol. The molecule has 0 spiro atoms. The summed E-state index contributed by atoms with van der Waals surface area (Å²) in [5.41, 5.74) is 1.30. The number of aryl methyl sites for hydroxylation is 1. The largest absolute Gasteiger partial charge is 0.465 e.